The number of anilines is 1. The molecule has 4 aromatic rings. The number of carbonyl (C=O) groups excluding carboxylic acids is 1. The Morgan fingerprint density at radius 2 is 1.72 bits per heavy atom. The monoisotopic (exact) mass is 445 g/mol. The summed E-state index contributed by atoms with van der Waals surface area (Å²) in [7, 11) is 0. The van der Waals surface area contributed by atoms with Gasteiger partial charge in [-0.25, -0.2) is 0 Å². The number of carbonyl (C=O) groups is 1. The van der Waals surface area contributed by atoms with Crippen LogP contribution in [-0.4, -0.2) is 15.7 Å². The van der Waals surface area contributed by atoms with Gasteiger partial charge in [0.05, 0.1) is 18.8 Å². The van der Waals surface area contributed by atoms with E-state index >= 15 is 0 Å². The summed E-state index contributed by atoms with van der Waals surface area (Å²) in [6.45, 7) is 0.925. The SMILES string of the molecule is O=C(Nc1ccc(Oc2ccccc2)cc1)c1cc2n(n1)CC(c1ccc(Cl)cc1)OC2. The highest BCUT2D eigenvalue weighted by atomic mass is 35.5. The Balaban J connectivity index is 1.23. The lowest BCUT2D eigenvalue weighted by Gasteiger charge is -2.24. The summed E-state index contributed by atoms with van der Waals surface area (Å²) >= 11 is 5.97. The molecule has 0 saturated heterocycles. The molecule has 160 valence electrons. The van der Waals surface area contributed by atoms with Gasteiger partial charge in [-0.15, -0.1) is 0 Å². The fourth-order valence-corrected chi connectivity index (χ4v) is 3.67. The van der Waals surface area contributed by atoms with Crippen LogP contribution in [0.4, 0.5) is 5.69 Å². The molecule has 3 aromatic carbocycles. The van der Waals surface area contributed by atoms with Gasteiger partial charge in [-0.05, 0) is 60.2 Å². The minimum atomic E-state index is -0.272. The molecule has 0 bridgehead atoms. The number of hydrogen-bond donors (Lipinski definition) is 1. The first-order valence-electron chi connectivity index (χ1n) is 10.2. The van der Waals surface area contributed by atoms with Crippen molar-refractivity contribution in [3.63, 3.8) is 0 Å². The molecule has 2 heterocycles. The molecule has 0 saturated carbocycles. The number of nitrogens with zero attached hydrogens (tertiary/aromatic N) is 2. The van der Waals surface area contributed by atoms with E-state index in [4.69, 9.17) is 21.1 Å². The zero-order chi connectivity index (χ0) is 21.9. The number of aromatic nitrogens is 2. The van der Waals surface area contributed by atoms with Gasteiger partial charge in [-0.2, -0.15) is 5.10 Å². The van der Waals surface area contributed by atoms with Crippen molar-refractivity contribution in [1.29, 1.82) is 0 Å². The number of amides is 1. The van der Waals surface area contributed by atoms with Crippen molar-refractivity contribution in [1.82, 2.24) is 9.78 Å². The lowest BCUT2D eigenvalue weighted by molar-refractivity contribution is -0.00118. The Bertz CT molecular complexity index is 1220. The summed E-state index contributed by atoms with van der Waals surface area (Å²) in [4.78, 5) is 12.7. The molecule has 1 N–H and O–H groups in total. The van der Waals surface area contributed by atoms with Crippen LogP contribution in [0.2, 0.25) is 5.02 Å². The number of fused-ring (bicyclic) bond motifs is 1. The molecule has 0 fully saturated rings. The molecule has 1 aromatic heterocycles. The Hall–Kier alpha value is -3.61. The number of halogens is 1. The van der Waals surface area contributed by atoms with Crippen LogP contribution in [0.1, 0.15) is 27.8 Å². The summed E-state index contributed by atoms with van der Waals surface area (Å²) in [6, 6.07) is 26.1. The van der Waals surface area contributed by atoms with Crippen LogP contribution in [0, 0.1) is 0 Å². The highest BCUT2D eigenvalue weighted by molar-refractivity contribution is 6.30. The van der Waals surface area contributed by atoms with Gasteiger partial charge in [-0.3, -0.25) is 9.48 Å². The summed E-state index contributed by atoms with van der Waals surface area (Å²) in [5, 5.41) is 8.05. The van der Waals surface area contributed by atoms with E-state index in [1.54, 1.807) is 18.2 Å². The maximum atomic E-state index is 12.7. The Morgan fingerprint density at radius 1 is 1.00 bits per heavy atom. The highest BCUT2D eigenvalue weighted by Gasteiger charge is 2.24. The number of hydrogen-bond acceptors (Lipinski definition) is 4. The average Bonchev–Trinajstić information content (AvgIpc) is 3.25. The molecule has 32 heavy (non-hydrogen) atoms. The maximum absolute atomic E-state index is 12.7. The first-order valence-corrected chi connectivity index (χ1v) is 10.6. The van der Waals surface area contributed by atoms with Crippen LogP contribution in [0.25, 0.3) is 0 Å². The predicted octanol–water partition coefficient (Wildman–Crippen LogP) is 5.85. The fraction of sp³-hybridized carbons (Fsp3) is 0.120. The van der Waals surface area contributed by atoms with Crippen molar-refractivity contribution in [3.05, 3.63) is 107 Å². The predicted molar refractivity (Wildman–Crippen MR) is 122 cm³/mol. The van der Waals surface area contributed by atoms with Crippen LogP contribution >= 0.6 is 11.6 Å². The lowest BCUT2D eigenvalue weighted by atomic mass is 10.1. The number of para-hydroxylation sites is 1. The minimum Gasteiger partial charge on any atom is -0.457 e. The molecule has 1 unspecified atom stereocenters. The third kappa shape index (κ3) is 4.51. The van der Waals surface area contributed by atoms with E-state index < -0.39 is 0 Å². The Morgan fingerprint density at radius 3 is 2.47 bits per heavy atom. The normalized spacial score (nSPS) is 15.1. The number of rotatable bonds is 5. The first kappa shape index (κ1) is 20.3. The van der Waals surface area contributed by atoms with Crippen molar-refractivity contribution in [2.45, 2.75) is 19.3 Å². The third-order valence-corrected chi connectivity index (χ3v) is 5.45. The van der Waals surface area contributed by atoms with E-state index in [2.05, 4.69) is 10.4 Å². The second-order valence-corrected chi connectivity index (χ2v) is 7.88. The van der Waals surface area contributed by atoms with Crippen LogP contribution in [0.5, 0.6) is 11.5 Å². The van der Waals surface area contributed by atoms with Crippen LogP contribution < -0.4 is 10.1 Å². The summed E-state index contributed by atoms with van der Waals surface area (Å²) in [5.41, 5.74) is 2.91. The van der Waals surface area contributed by atoms with E-state index in [1.807, 2.05) is 71.4 Å². The van der Waals surface area contributed by atoms with E-state index in [0.717, 1.165) is 17.0 Å². The van der Waals surface area contributed by atoms with E-state index in [1.165, 1.54) is 0 Å². The average molecular weight is 446 g/mol. The molecule has 1 amide bonds. The molecule has 1 aliphatic rings. The quantitative estimate of drug-likeness (QED) is 0.418. The molecular formula is C25H20ClN3O3. The van der Waals surface area contributed by atoms with Crippen molar-refractivity contribution in [3.8, 4) is 11.5 Å². The molecular weight excluding hydrogens is 426 g/mol. The molecule has 1 aliphatic heterocycles. The molecule has 7 heteroatoms. The maximum Gasteiger partial charge on any atom is 0.276 e. The Kier molecular flexibility index (Phi) is 5.62. The molecule has 0 aliphatic carbocycles. The van der Waals surface area contributed by atoms with Gasteiger partial charge in [0.2, 0.25) is 0 Å². The first-order chi connectivity index (χ1) is 15.6. The standard InChI is InChI=1S/C25H20ClN3O3/c26-18-8-6-17(7-9-18)24-15-29-20(16-31-24)14-23(28-29)25(30)27-19-10-12-22(13-11-19)32-21-4-2-1-3-5-21/h1-14,24H,15-16H2,(H,27,30). The van der Waals surface area contributed by atoms with Crippen molar-refractivity contribution in [2.24, 2.45) is 0 Å². The van der Waals surface area contributed by atoms with Gasteiger partial charge in [0.25, 0.3) is 5.91 Å². The number of ether oxygens (including phenoxy) is 2. The number of benzene rings is 3. The zero-order valence-electron chi connectivity index (χ0n) is 17.1. The molecule has 5 rings (SSSR count). The van der Waals surface area contributed by atoms with Gasteiger partial charge < -0.3 is 14.8 Å². The molecule has 0 radical (unpaired) electrons. The minimum absolute atomic E-state index is 0.132. The summed E-state index contributed by atoms with van der Waals surface area (Å²) in [6.07, 6.45) is -0.132. The molecule has 0 spiro atoms. The van der Waals surface area contributed by atoms with Crippen molar-refractivity contribution in [2.75, 3.05) is 5.32 Å². The van der Waals surface area contributed by atoms with Gasteiger partial charge in [0.15, 0.2) is 5.69 Å². The smallest absolute Gasteiger partial charge is 0.276 e. The van der Waals surface area contributed by atoms with Crippen molar-refractivity contribution >= 4 is 23.2 Å². The van der Waals surface area contributed by atoms with Crippen LogP contribution in [0.15, 0.2) is 84.9 Å². The topological polar surface area (TPSA) is 65.4 Å². The van der Waals surface area contributed by atoms with Gasteiger partial charge >= 0.3 is 0 Å². The van der Waals surface area contributed by atoms with Crippen LogP contribution in [0.3, 0.4) is 0 Å². The number of nitrogens with one attached hydrogen (secondary N) is 1. The third-order valence-electron chi connectivity index (χ3n) is 5.20. The van der Waals surface area contributed by atoms with Crippen LogP contribution in [-0.2, 0) is 17.9 Å². The summed E-state index contributed by atoms with van der Waals surface area (Å²) < 4.78 is 13.6. The highest BCUT2D eigenvalue weighted by Crippen LogP contribution is 2.28. The molecule has 1 atom stereocenters. The second-order valence-electron chi connectivity index (χ2n) is 7.45. The lowest BCUT2D eigenvalue weighted by Crippen LogP contribution is -2.22. The Labute approximate surface area is 190 Å². The fourth-order valence-electron chi connectivity index (χ4n) is 3.54. The van der Waals surface area contributed by atoms with E-state index in [0.29, 0.717) is 35.3 Å². The van der Waals surface area contributed by atoms with Crippen molar-refractivity contribution < 1.29 is 14.3 Å². The molecule has 6 nitrogen and oxygen atoms in total. The van der Waals surface area contributed by atoms with Gasteiger partial charge in [0.1, 0.15) is 17.6 Å². The summed E-state index contributed by atoms with van der Waals surface area (Å²) in [5.74, 6) is 1.18. The van der Waals surface area contributed by atoms with Gasteiger partial charge in [0, 0.05) is 10.7 Å². The zero-order valence-corrected chi connectivity index (χ0v) is 17.8. The largest absolute Gasteiger partial charge is 0.457 e. The second kappa shape index (κ2) is 8.86. The van der Waals surface area contributed by atoms with Gasteiger partial charge in [-0.1, -0.05) is 41.9 Å². The van der Waals surface area contributed by atoms with E-state index in [-0.39, 0.29) is 12.0 Å². The van der Waals surface area contributed by atoms with E-state index in [9.17, 15) is 4.79 Å².